The highest BCUT2D eigenvalue weighted by Crippen LogP contribution is 2.39. The number of phenolic OH excluding ortho intramolecular Hbond substituents is 1. The van der Waals surface area contributed by atoms with Gasteiger partial charge in [0.2, 0.25) is 0 Å². The molecule has 0 fully saturated rings. The van der Waals surface area contributed by atoms with E-state index in [1.54, 1.807) is 6.07 Å². The first-order chi connectivity index (χ1) is 8.15. The summed E-state index contributed by atoms with van der Waals surface area (Å²) in [4.78, 5) is 0. The van der Waals surface area contributed by atoms with E-state index in [2.05, 4.69) is 5.16 Å². The van der Waals surface area contributed by atoms with Crippen LogP contribution in [0.2, 0.25) is 0 Å². The third-order valence-electron chi connectivity index (χ3n) is 2.30. The van der Waals surface area contributed by atoms with Gasteiger partial charge in [0.05, 0.1) is 19.8 Å². The van der Waals surface area contributed by atoms with Gasteiger partial charge in [-0.15, -0.1) is 0 Å². The van der Waals surface area contributed by atoms with Gasteiger partial charge in [-0.05, 0) is 6.07 Å². The van der Waals surface area contributed by atoms with Gasteiger partial charge in [0, 0.05) is 12.1 Å². The number of rotatable bonds is 3. The fourth-order valence-electron chi connectivity index (χ4n) is 1.48. The molecule has 0 amide bonds. The zero-order valence-corrected chi connectivity index (χ0v) is 9.43. The third-order valence-corrected chi connectivity index (χ3v) is 2.30. The Morgan fingerprint density at radius 3 is 2.35 bits per heavy atom. The van der Waals surface area contributed by atoms with Gasteiger partial charge in [0.15, 0.2) is 23.1 Å². The van der Waals surface area contributed by atoms with Gasteiger partial charge in [-0.2, -0.15) is 0 Å². The summed E-state index contributed by atoms with van der Waals surface area (Å²) in [5, 5.41) is 13.4. The number of benzene rings is 1. The average Bonchev–Trinajstić information content (AvgIpc) is 2.75. The van der Waals surface area contributed by atoms with Gasteiger partial charge in [-0.25, -0.2) is 0 Å². The molecule has 1 heterocycles. The summed E-state index contributed by atoms with van der Waals surface area (Å²) in [6, 6.07) is 4.54. The highest BCUT2D eigenvalue weighted by molar-refractivity contribution is 5.71. The number of nitrogens with two attached hydrogens (primary N) is 1. The Labute approximate surface area is 97.5 Å². The molecule has 0 radical (unpaired) electrons. The molecule has 0 unspecified atom stereocenters. The Kier molecular flexibility index (Phi) is 2.78. The Bertz CT molecular complexity index is 536. The molecule has 2 aromatic rings. The molecule has 0 saturated carbocycles. The van der Waals surface area contributed by atoms with Gasteiger partial charge in [-0.3, -0.25) is 0 Å². The number of nitrogen functional groups attached to an aromatic ring is 1. The van der Waals surface area contributed by atoms with Crippen molar-refractivity contribution >= 4 is 5.82 Å². The number of hydrogen-bond donors (Lipinski definition) is 2. The molecule has 17 heavy (non-hydrogen) atoms. The van der Waals surface area contributed by atoms with Crippen molar-refractivity contribution in [2.24, 2.45) is 0 Å². The van der Waals surface area contributed by atoms with Crippen molar-refractivity contribution in [2.45, 2.75) is 0 Å². The Balaban J connectivity index is 2.55. The van der Waals surface area contributed by atoms with Crippen LogP contribution in [0.15, 0.2) is 22.7 Å². The smallest absolute Gasteiger partial charge is 0.172 e. The van der Waals surface area contributed by atoms with Gasteiger partial charge >= 0.3 is 0 Å². The minimum atomic E-state index is -0.00111. The molecular formula is C11H12N2O4. The van der Waals surface area contributed by atoms with Gasteiger partial charge in [0.25, 0.3) is 0 Å². The fourth-order valence-corrected chi connectivity index (χ4v) is 1.48. The maximum atomic E-state index is 9.84. The van der Waals surface area contributed by atoms with Gasteiger partial charge in [0.1, 0.15) is 5.75 Å². The number of methoxy groups -OCH3 is 2. The van der Waals surface area contributed by atoms with E-state index in [0.29, 0.717) is 22.8 Å². The maximum Gasteiger partial charge on any atom is 0.172 e. The lowest BCUT2D eigenvalue weighted by Gasteiger charge is -2.09. The van der Waals surface area contributed by atoms with E-state index in [-0.39, 0.29) is 11.6 Å². The number of hydrogen-bond acceptors (Lipinski definition) is 6. The largest absolute Gasteiger partial charge is 0.507 e. The van der Waals surface area contributed by atoms with Crippen molar-refractivity contribution in [3.63, 3.8) is 0 Å². The number of phenols is 1. The number of ether oxygens (including phenoxy) is 2. The summed E-state index contributed by atoms with van der Waals surface area (Å²) < 4.78 is 15.2. The first-order valence-electron chi connectivity index (χ1n) is 4.83. The second kappa shape index (κ2) is 4.25. The number of aromatic hydroxyl groups is 1. The molecule has 90 valence electrons. The van der Waals surface area contributed by atoms with E-state index in [9.17, 15) is 5.11 Å². The quantitative estimate of drug-likeness (QED) is 0.841. The van der Waals surface area contributed by atoms with E-state index in [4.69, 9.17) is 19.7 Å². The fraction of sp³-hybridized carbons (Fsp3) is 0.182. The number of nitrogens with zero attached hydrogens (tertiary/aromatic N) is 1. The van der Waals surface area contributed by atoms with Crippen LogP contribution < -0.4 is 15.2 Å². The monoisotopic (exact) mass is 236 g/mol. The van der Waals surface area contributed by atoms with Crippen LogP contribution in [-0.4, -0.2) is 24.5 Å². The molecule has 0 atom stereocenters. The average molecular weight is 236 g/mol. The molecule has 1 aromatic carbocycles. The van der Waals surface area contributed by atoms with Crippen molar-refractivity contribution in [3.8, 4) is 28.6 Å². The zero-order chi connectivity index (χ0) is 12.4. The summed E-state index contributed by atoms with van der Waals surface area (Å²) in [7, 11) is 3.00. The molecule has 0 saturated heterocycles. The Hall–Kier alpha value is -2.37. The zero-order valence-electron chi connectivity index (χ0n) is 9.43. The number of anilines is 1. The lowest BCUT2D eigenvalue weighted by molar-refractivity contribution is 0.351. The summed E-state index contributed by atoms with van der Waals surface area (Å²) in [5.41, 5.74) is 5.89. The van der Waals surface area contributed by atoms with Crippen molar-refractivity contribution in [3.05, 3.63) is 18.2 Å². The molecule has 0 aliphatic rings. The van der Waals surface area contributed by atoms with E-state index < -0.39 is 0 Å². The highest BCUT2D eigenvalue weighted by atomic mass is 16.5. The lowest BCUT2D eigenvalue weighted by atomic mass is 10.1. The second-order valence-electron chi connectivity index (χ2n) is 3.34. The SMILES string of the molecule is COc1cc(O)c(-c2cc(N)no2)cc1OC. The van der Waals surface area contributed by atoms with Crippen molar-refractivity contribution < 1.29 is 19.1 Å². The molecular weight excluding hydrogens is 224 g/mol. The minimum Gasteiger partial charge on any atom is -0.507 e. The molecule has 0 bridgehead atoms. The predicted molar refractivity (Wildman–Crippen MR) is 61.1 cm³/mol. The van der Waals surface area contributed by atoms with Gasteiger partial charge in [-0.1, -0.05) is 5.16 Å². The van der Waals surface area contributed by atoms with Crippen LogP contribution in [0.5, 0.6) is 17.2 Å². The van der Waals surface area contributed by atoms with Crippen molar-refractivity contribution in [2.75, 3.05) is 20.0 Å². The molecule has 0 aliphatic heterocycles. The van der Waals surface area contributed by atoms with Gasteiger partial charge < -0.3 is 24.8 Å². The van der Waals surface area contributed by atoms with Crippen LogP contribution >= 0.6 is 0 Å². The molecule has 0 spiro atoms. The lowest BCUT2D eigenvalue weighted by Crippen LogP contribution is -1.91. The molecule has 6 heteroatoms. The predicted octanol–water partition coefficient (Wildman–Crippen LogP) is 1.65. The summed E-state index contributed by atoms with van der Waals surface area (Å²) in [6.45, 7) is 0. The Morgan fingerprint density at radius 2 is 1.82 bits per heavy atom. The molecule has 3 N–H and O–H groups in total. The van der Waals surface area contributed by atoms with E-state index in [1.165, 1.54) is 26.4 Å². The molecule has 0 aliphatic carbocycles. The van der Waals surface area contributed by atoms with Crippen molar-refractivity contribution in [1.82, 2.24) is 5.16 Å². The normalized spacial score (nSPS) is 10.2. The molecule has 6 nitrogen and oxygen atoms in total. The van der Waals surface area contributed by atoms with Crippen LogP contribution in [0, 0.1) is 0 Å². The summed E-state index contributed by atoms with van der Waals surface area (Å²) >= 11 is 0. The first kappa shape index (κ1) is 11.1. The Morgan fingerprint density at radius 1 is 1.18 bits per heavy atom. The van der Waals surface area contributed by atoms with Crippen LogP contribution in [0.4, 0.5) is 5.82 Å². The summed E-state index contributed by atoms with van der Waals surface area (Å²) in [6.07, 6.45) is 0. The maximum absolute atomic E-state index is 9.84. The van der Waals surface area contributed by atoms with E-state index in [1.807, 2.05) is 0 Å². The van der Waals surface area contributed by atoms with E-state index >= 15 is 0 Å². The highest BCUT2D eigenvalue weighted by Gasteiger charge is 2.15. The standard InChI is InChI=1S/C11H12N2O4/c1-15-9-3-6(7(14)4-10(9)16-2)8-5-11(12)13-17-8/h3-5,14H,1-2H3,(H2,12,13). The third kappa shape index (κ3) is 1.96. The minimum absolute atomic E-state index is 0.00111. The van der Waals surface area contributed by atoms with Crippen LogP contribution in [-0.2, 0) is 0 Å². The van der Waals surface area contributed by atoms with Crippen LogP contribution in [0.25, 0.3) is 11.3 Å². The first-order valence-corrected chi connectivity index (χ1v) is 4.83. The van der Waals surface area contributed by atoms with E-state index in [0.717, 1.165) is 0 Å². The molecule has 1 aromatic heterocycles. The van der Waals surface area contributed by atoms with Crippen molar-refractivity contribution in [1.29, 1.82) is 0 Å². The summed E-state index contributed by atoms with van der Waals surface area (Å²) in [5.74, 6) is 1.52. The molecule has 2 rings (SSSR count). The number of aromatic nitrogens is 1. The van der Waals surface area contributed by atoms with Crippen LogP contribution in [0.3, 0.4) is 0 Å². The topological polar surface area (TPSA) is 90.7 Å². The second-order valence-corrected chi connectivity index (χ2v) is 3.34. The van der Waals surface area contributed by atoms with Crippen LogP contribution in [0.1, 0.15) is 0 Å².